The SMILES string of the molecule is CC(C)CS(=O)(=O)C1CCN(C(=O)c2ccco2)CC1. The van der Waals surface area contributed by atoms with Gasteiger partial charge in [-0.2, -0.15) is 0 Å². The third kappa shape index (κ3) is 3.42. The van der Waals surface area contributed by atoms with E-state index in [4.69, 9.17) is 4.42 Å². The van der Waals surface area contributed by atoms with Crippen molar-refractivity contribution in [1.29, 1.82) is 0 Å². The Kier molecular flexibility index (Phi) is 4.52. The van der Waals surface area contributed by atoms with Crippen molar-refractivity contribution in [2.24, 2.45) is 5.92 Å². The van der Waals surface area contributed by atoms with Crippen LogP contribution < -0.4 is 0 Å². The second-order valence-corrected chi connectivity index (χ2v) is 8.02. The van der Waals surface area contributed by atoms with Crippen LogP contribution in [-0.2, 0) is 9.84 Å². The molecule has 0 N–H and O–H groups in total. The van der Waals surface area contributed by atoms with Gasteiger partial charge >= 0.3 is 0 Å². The first-order valence-corrected chi connectivity index (χ1v) is 8.66. The van der Waals surface area contributed by atoms with Gasteiger partial charge in [0, 0.05) is 13.1 Å². The van der Waals surface area contributed by atoms with Crippen LogP contribution in [0.1, 0.15) is 37.2 Å². The zero-order valence-electron chi connectivity index (χ0n) is 11.9. The average molecular weight is 299 g/mol. The monoisotopic (exact) mass is 299 g/mol. The van der Waals surface area contributed by atoms with Crippen LogP contribution in [0.15, 0.2) is 22.8 Å². The standard InChI is InChI=1S/C14H21NO4S/c1-11(2)10-20(17,18)12-5-7-15(8-6-12)14(16)13-4-3-9-19-13/h3-4,9,11-12H,5-8,10H2,1-2H3. The summed E-state index contributed by atoms with van der Waals surface area (Å²) in [6, 6.07) is 3.30. The molecule has 0 radical (unpaired) electrons. The van der Waals surface area contributed by atoms with Crippen LogP contribution in [0, 0.1) is 5.92 Å². The topological polar surface area (TPSA) is 67.6 Å². The number of nitrogens with zero attached hydrogens (tertiary/aromatic N) is 1. The van der Waals surface area contributed by atoms with Crippen molar-refractivity contribution in [3.8, 4) is 0 Å². The van der Waals surface area contributed by atoms with Crippen molar-refractivity contribution in [3.05, 3.63) is 24.2 Å². The summed E-state index contributed by atoms with van der Waals surface area (Å²) in [6.45, 7) is 4.77. The van der Waals surface area contributed by atoms with E-state index in [-0.39, 0.29) is 22.8 Å². The van der Waals surface area contributed by atoms with Crippen molar-refractivity contribution >= 4 is 15.7 Å². The highest BCUT2D eigenvalue weighted by molar-refractivity contribution is 7.92. The molecule has 0 spiro atoms. The molecule has 1 saturated heterocycles. The number of carbonyl (C=O) groups excluding carboxylic acids is 1. The van der Waals surface area contributed by atoms with Gasteiger partial charge in [-0.1, -0.05) is 13.8 Å². The molecular formula is C14H21NO4S. The van der Waals surface area contributed by atoms with E-state index in [0.717, 1.165) is 0 Å². The van der Waals surface area contributed by atoms with E-state index in [1.165, 1.54) is 6.26 Å². The van der Waals surface area contributed by atoms with E-state index < -0.39 is 9.84 Å². The van der Waals surface area contributed by atoms with Crippen LogP contribution in [0.4, 0.5) is 0 Å². The maximum absolute atomic E-state index is 12.2. The maximum atomic E-state index is 12.2. The Hall–Kier alpha value is -1.30. The number of hydrogen-bond donors (Lipinski definition) is 0. The summed E-state index contributed by atoms with van der Waals surface area (Å²) in [4.78, 5) is 13.7. The quantitative estimate of drug-likeness (QED) is 0.852. The van der Waals surface area contributed by atoms with Gasteiger partial charge in [0.2, 0.25) is 0 Å². The molecule has 5 nitrogen and oxygen atoms in total. The van der Waals surface area contributed by atoms with Gasteiger partial charge in [-0.15, -0.1) is 0 Å². The number of furan rings is 1. The van der Waals surface area contributed by atoms with E-state index in [2.05, 4.69) is 0 Å². The molecule has 0 atom stereocenters. The van der Waals surface area contributed by atoms with E-state index in [1.807, 2.05) is 13.8 Å². The molecule has 1 aliphatic rings. The smallest absolute Gasteiger partial charge is 0.289 e. The fourth-order valence-electron chi connectivity index (χ4n) is 2.57. The lowest BCUT2D eigenvalue weighted by Gasteiger charge is -2.31. The predicted molar refractivity (Wildman–Crippen MR) is 76.3 cm³/mol. The molecule has 0 bridgehead atoms. The number of sulfone groups is 1. The normalized spacial score (nSPS) is 17.6. The Balaban J connectivity index is 1.94. The Labute approximate surface area is 119 Å². The lowest BCUT2D eigenvalue weighted by atomic mass is 10.1. The zero-order chi connectivity index (χ0) is 14.8. The summed E-state index contributed by atoms with van der Waals surface area (Å²) >= 11 is 0. The van der Waals surface area contributed by atoms with Crippen LogP contribution in [-0.4, -0.2) is 43.3 Å². The van der Waals surface area contributed by atoms with Crippen LogP contribution in [0.5, 0.6) is 0 Å². The molecule has 0 saturated carbocycles. The fourth-order valence-corrected chi connectivity index (χ4v) is 4.71. The van der Waals surface area contributed by atoms with Gasteiger partial charge in [-0.3, -0.25) is 4.79 Å². The molecule has 1 amide bonds. The van der Waals surface area contributed by atoms with Crippen LogP contribution in [0.25, 0.3) is 0 Å². The van der Waals surface area contributed by atoms with Crippen LogP contribution in [0.3, 0.4) is 0 Å². The third-order valence-electron chi connectivity index (χ3n) is 3.53. The minimum absolute atomic E-state index is 0.141. The maximum Gasteiger partial charge on any atom is 0.289 e. The molecule has 112 valence electrons. The number of hydrogen-bond acceptors (Lipinski definition) is 4. The van der Waals surface area contributed by atoms with Gasteiger partial charge in [0.05, 0.1) is 17.3 Å². The van der Waals surface area contributed by atoms with E-state index in [1.54, 1.807) is 17.0 Å². The molecule has 6 heteroatoms. The summed E-state index contributed by atoms with van der Waals surface area (Å²) in [6.07, 6.45) is 2.50. The van der Waals surface area contributed by atoms with Gasteiger partial charge < -0.3 is 9.32 Å². The molecule has 20 heavy (non-hydrogen) atoms. The summed E-state index contributed by atoms with van der Waals surface area (Å²) in [5, 5.41) is -0.314. The third-order valence-corrected chi connectivity index (χ3v) is 6.15. The second kappa shape index (κ2) is 5.99. The lowest BCUT2D eigenvalue weighted by Crippen LogP contribution is -2.43. The van der Waals surface area contributed by atoms with E-state index >= 15 is 0 Å². The summed E-state index contributed by atoms with van der Waals surface area (Å²) in [7, 11) is -3.05. The van der Waals surface area contributed by atoms with Crippen molar-refractivity contribution in [2.45, 2.75) is 31.9 Å². The van der Waals surface area contributed by atoms with Gasteiger partial charge in [0.15, 0.2) is 15.6 Å². The average Bonchev–Trinajstić information content (AvgIpc) is 2.90. The first kappa shape index (κ1) is 15.1. The van der Waals surface area contributed by atoms with Crippen LogP contribution in [0.2, 0.25) is 0 Å². The minimum atomic E-state index is -3.05. The molecule has 1 fully saturated rings. The summed E-state index contributed by atoms with van der Waals surface area (Å²) in [5.41, 5.74) is 0. The van der Waals surface area contributed by atoms with Gasteiger partial charge in [-0.25, -0.2) is 8.42 Å². The molecule has 0 aliphatic carbocycles. The largest absolute Gasteiger partial charge is 0.459 e. The van der Waals surface area contributed by atoms with Gasteiger partial charge in [0.1, 0.15) is 0 Å². The number of amides is 1. The summed E-state index contributed by atoms with van der Waals surface area (Å²) < 4.78 is 29.4. The predicted octanol–water partition coefficient (Wildman–Crippen LogP) is 1.96. The fraction of sp³-hybridized carbons (Fsp3) is 0.643. The Morgan fingerprint density at radius 1 is 1.40 bits per heavy atom. The Morgan fingerprint density at radius 3 is 2.55 bits per heavy atom. The van der Waals surface area contributed by atoms with E-state index in [0.29, 0.717) is 31.7 Å². The van der Waals surface area contributed by atoms with Crippen molar-refractivity contribution in [3.63, 3.8) is 0 Å². The Morgan fingerprint density at radius 2 is 2.05 bits per heavy atom. The van der Waals surface area contributed by atoms with Gasteiger partial charge in [-0.05, 0) is 30.9 Å². The first-order valence-electron chi connectivity index (χ1n) is 6.94. The van der Waals surface area contributed by atoms with Crippen molar-refractivity contribution in [1.82, 2.24) is 4.90 Å². The summed E-state index contributed by atoms with van der Waals surface area (Å²) in [5.74, 6) is 0.523. The highest BCUT2D eigenvalue weighted by Crippen LogP contribution is 2.21. The molecular weight excluding hydrogens is 278 g/mol. The highest BCUT2D eigenvalue weighted by Gasteiger charge is 2.32. The van der Waals surface area contributed by atoms with Crippen molar-refractivity contribution in [2.75, 3.05) is 18.8 Å². The van der Waals surface area contributed by atoms with E-state index in [9.17, 15) is 13.2 Å². The second-order valence-electron chi connectivity index (χ2n) is 5.69. The molecule has 1 aromatic heterocycles. The zero-order valence-corrected chi connectivity index (χ0v) is 12.7. The molecule has 1 aromatic rings. The number of piperidine rings is 1. The first-order chi connectivity index (χ1) is 9.40. The highest BCUT2D eigenvalue weighted by atomic mass is 32.2. The molecule has 1 aliphatic heterocycles. The molecule has 0 unspecified atom stereocenters. The number of likely N-dealkylation sites (tertiary alicyclic amines) is 1. The minimum Gasteiger partial charge on any atom is -0.459 e. The number of carbonyl (C=O) groups is 1. The number of rotatable bonds is 4. The molecule has 0 aromatic carbocycles. The lowest BCUT2D eigenvalue weighted by molar-refractivity contribution is 0.0693. The Bertz CT molecular complexity index is 540. The van der Waals surface area contributed by atoms with Gasteiger partial charge in [0.25, 0.3) is 5.91 Å². The molecule has 2 heterocycles. The van der Waals surface area contributed by atoms with Crippen LogP contribution >= 0.6 is 0 Å². The molecule has 2 rings (SSSR count). The van der Waals surface area contributed by atoms with Crippen molar-refractivity contribution < 1.29 is 17.6 Å².